The number of hydrogen-bond donors (Lipinski definition) is 1. The number of allylic oxidation sites excluding steroid dienone is 2. The van der Waals surface area contributed by atoms with E-state index in [1.165, 1.54) is 16.7 Å². The first kappa shape index (κ1) is 15.6. The van der Waals surface area contributed by atoms with Crippen molar-refractivity contribution < 1.29 is 4.74 Å². The van der Waals surface area contributed by atoms with Gasteiger partial charge in [-0.15, -0.1) is 0 Å². The maximum atomic E-state index is 5.88. The highest BCUT2D eigenvalue weighted by Gasteiger charge is 2.14. The molecular formula is C18H26N2O. The highest BCUT2D eigenvalue weighted by Crippen LogP contribution is 2.34. The molecular weight excluding hydrogens is 260 g/mol. The predicted molar refractivity (Wildman–Crippen MR) is 90.2 cm³/mol. The summed E-state index contributed by atoms with van der Waals surface area (Å²) in [6.07, 6.45) is 8.54. The molecule has 0 saturated carbocycles. The van der Waals surface area contributed by atoms with E-state index in [4.69, 9.17) is 10.5 Å². The number of rotatable bonds is 7. The lowest BCUT2D eigenvalue weighted by atomic mass is 9.92. The van der Waals surface area contributed by atoms with E-state index < -0.39 is 0 Å². The first-order valence-electron chi connectivity index (χ1n) is 7.87. The maximum Gasteiger partial charge on any atom is 0.127 e. The van der Waals surface area contributed by atoms with Gasteiger partial charge < -0.3 is 15.4 Å². The summed E-state index contributed by atoms with van der Waals surface area (Å²) >= 11 is 0. The largest absolute Gasteiger partial charge is 0.493 e. The fraction of sp³-hybridized carbons (Fsp3) is 0.444. The van der Waals surface area contributed by atoms with Crippen molar-refractivity contribution in [1.29, 1.82) is 0 Å². The second kappa shape index (κ2) is 7.89. The number of fused-ring (bicyclic) bond motifs is 1. The average molecular weight is 286 g/mol. The van der Waals surface area contributed by atoms with Crippen molar-refractivity contribution >= 4 is 11.6 Å². The van der Waals surface area contributed by atoms with Crippen molar-refractivity contribution in [3.8, 4) is 5.75 Å². The molecule has 0 amide bonds. The van der Waals surface area contributed by atoms with Gasteiger partial charge in [0.05, 0.1) is 6.61 Å². The van der Waals surface area contributed by atoms with E-state index in [0.29, 0.717) is 13.2 Å². The molecule has 2 rings (SSSR count). The molecule has 0 saturated heterocycles. The molecule has 1 aliphatic rings. The zero-order chi connectivity index (χ0) is 15.1. The molecule has 0 aliphatic heterocycles. The molecule has 3 heteroatoms. The third-order valence-corrected chi connectivity index (χ3v) is 3.79. The van der Waals surface area contributed by atoms with E-state index in [9.17, 15) is 0 Å². The summed E-state index contributed by atoms with van der Waals surface area (Å²) in [5.41, 5.74) is 9.37. The second-order valence-electron chi connectivity index (χ2n) is 5.19. The van der Waals surface area contributed by atoms with Crippen molar-refractivity contribution in [3.05, 3.63) is 41.6 Å². The van der Waals surface area contributed by atoms with Crippen LogP contribution in [0.4, 0.5) is 0 Å². The van der Waals surface area contributed by atoms with Crippen LogP contribution in [0.5, 0.6) is 5.75 Å². The lowest BCUT2D eigenvalue weighted by molar-refractivity contribution is 0.312. The molecule has 0 aromatic heterocycles. The molecule has 0 spiro atoms. The standard InChI is InChI=1S/C18H26N2O/c1-3-20(4-2)14-15-8-5-10-17-16(15)9-6-11-18(17)21-13-7-12-19/h5-6,9-11,14H,3-4,7-8,12-13,19H2,1-2H3/b15-14-. The van der Waals surface area contributed by atoms with Gasteiger partial charge in [-0.25, -0.2) is 0 Å². The summed E-state index contributed by atoms with van der Waals surface area (Å²) in [7, 11) is 0. The molecule has 21 heavy (non-hydrogen) atoms. The molecule has 3 nitrogen and oxygen atoms in total. The van der Waals surface area contributed by atoms with E-state index >= 15 is 0 Å². The molecule has 0 radical (unpaired) electrons. The van der Waals surface area contributed by atoms with Gasteiger partial charge in [-0.1, -0.05) is 24.3 Å². The molecule has 0 heterocycles. The van der Waals surface area contributed by atoms with E-state index in [1.54, 1.807) is 0 Å². The Morgan fingerprint density at radius 1 is 1.29 bits per heavy atom. The van der Waals surface area contributed by atoms with Crippen LogP contribution in [-0.4, -0.2) is 31.1 Å². The number of ether oxygens (including phenoxy) is 1. The van der Waals surface area contributed by atoms with Crippen molar-refractivity contribution in [2.24, 2.45) is 5.73 Å². The molecule has 1 aliphatic carbocycles. The van der Waals surface area contributed by atoms with Gasteiger partial charge in [0.15, 0.2) is 0 Å². The van der Waals surface area contributed by atoms with E-state index in [1.807, 2.05) is 6.07 Å². The Bertz CT molecular complexity index is 516. The molecule has 0 atom stereocenters. The Kier molecular flexibility index (Phi) is 5.88. The summed E-state index contributed by atoms with van der Waals surface area (Å²) < 4.78 is 5.88. The smallest absolute Gasteiger partial charge is 0.127 e. The minimum atomic E-state index is 0.665. The van der Waals surface area contributed by atoms with Crippen molar-refractivity contribution in [1.82, 2.24) is 4.90 Å². The van der Waals surface area contributed by atoms with Crippen LogP contribution >= 0.6 is 0 Å². The number of nitrogens with zero attached hydrogens (tertiary/aromatic N) is 1. The lowest BCUT2D eigenvalue weighted by Crippen LogP contribution is -2.16. The summed E-state index contributed by atoms with van der Waals surface area (Å²) in [5, 5.41) is 0. The fourth-order valence-electron chi connectivity index (χ4n) is 2.55. The van der Waals surface area contributed by atoms with Gasteiger partial charge in [0.25, 0.3) is 0 Å². The monoisotopic (exact) mass is 286 g/mol. The normalized spacial score (nSPS) is 15.1. The summed E-state index contributed by atoms with van der Waals surface area (Å²) in [6, 6.07) is 6.30. The Labute approximate surface area is 128 Å². The Morgan fingerprint density at radius 3 is 2.81 bits per heavy atom. The first-order chi connectivity index (χ1) is 10.3. The van der Waals surface area contributed by atoms with Crippen LogP contribution in [0.25, 0.3) is 11.6 Å². The second-order valence-corrected chi connectivity index (χ2v) is 5.19. The Morgan fingerprint density at radius 2 is 2.10 bits per heavy atom. The van der Waals surface area contributed by atoms with E-state index in [2.05, 4.69) is 49.2 Å². The first-order valence-corrected chi connectivity index (χ1v) is 7.87. The fourth-order valence-corrected chi connectivity index (χ4v) is 2.55. The van der Waals surface area contributed by atoms with Crippen LogP contribution in [0, 0.1) is 0 Å². The summed E-state index contributed by atoms with van der Waals surface area (Å²) in [5.74, 6) is 0.961. The van der Waals surface area contributed by atoms with E-state index in [-0.39, 0.29) is 0 Å². The predicted octanol–water partition coefficient (Wildman–Crippen LogP) is 3.51. The van der Waals surface area contributed by atoms with Gasteiger partial charge in [-0.3, -0.25) is 0 Å². The van der Waals surface area contributed by atoms with Gasteiger partial charge in [0.2, 0.25) is 0 Å². The highest BCUT2D eigenvalue weighted by atomic mass is 16.5. The van der Waals surface area contributed by atoms with E-state index in [0.717, 1.165) is 31.7 Å². The van der Waals surface area contributed by atoms with Crippen LogP contribution in [0.15, 0.2) is 30.5 Å². The van der Waals surface area contributed by atoms with Crippen molar-refractivity contribution in [3.63, 3.8) is 0 Å². The molecule has 1 aromatic rings. The van der Waals surface area contributed by atoms with Gasteiger partial charge in [0, 0.05) is 24.9 Å². The molecule has 0 unspecified atom stereocenters. The minimum absolute atomic E-state index is 0.665. The van der Waals surface area contributed by atoms with Gasteiger partial charge in [0.1, 0.15) is 5.75 Å². The highest BCUT2D eigenvalue weighted by molar-refractivity contribution is 5.81. The number of benzene rings is 1. The van der Waals surface area contributed by atoms with Gasteiger partial charge >= 0.3 is 0 Å². The summed E-state index contributed by atoms with van der Waals surface area (Å²) in [4.78, 5) is 2.33. The maximum absolute atomic E-state index is 5.88. The van der Waals surface area contributed by atoms with Crippen LogP contribution in [0.1, 0.15) is 37.8 Å². The van der Waals surface area contributed by atoms with Crippen LogP contribution in [-0.2, 0) is 0 Å². The molecule has 114 valence electrons. The third kappa shape index (κ3) is 3.88. The average Bonchev–Trinajstić information content (AvgIpc) is 2.53. The van der Waals surface area contributed by atoms with Crippen LogP contribution < -0.4 is 10.5 Å². The Balaban J connectivity index is 2.27. The van der Waals surface area contributed by atoms with Gasteiger partial charge in [-0.2, -0.15) is 0 Å². The molecule has 0 fully saturated rings. The number of nitrogens with two attached hydrogens (primary N) is 1. The zero-order valence-corrected chi connectivity index (χ0v) is 13.1. The zero-order valence-electron chi connectivity index (χ0n) is 13.1. The minimum Gasteiger partial charge on any atom is -0.493 e. The van der Waals surface area contributed by atoms with Crippen LogP contribution in [0.3, 0.4) is 0 Å². The lowest BCUT2D eigenvalue weighted by Gasteiger charge is -2.22. The SMILES string of the molecule is CCN(/C=C1/CC=Cc2c(OCCCN)cccc21)CC. The van der Waals surface area contributed by atoms with Crippen molar-refractivity contribution in [2.45, 2.75) is 26.7 Å². The van der Waals surface area contributed by atoms with Crippen LogP contribution in [0.2, 0.25) is 0 Å². The molecule has 1 aromatic carbocycles. The number of hydrogen-bond acceptors (Lipinski definition) is 3. The topological polar surface area (TPSA) is 38.5 Å². The third-order valence-electron chi connectivity index (χ3n) is 3.79. The van der Waals surface area contributed by atoms with Crippen molar-refractivity contribution in [2.75, 3.05) is 26.2 Å². The molecule has 2 N–H and O–H groups in total. The Hall–Kier alpha value is -1.74. The summed E-state index contributed by atoms with van der Waals surface area (Å²) in [6.45, 7) is 7.78. The molecule has 0 bridgehead atoms. The van der Waals surface area contributed by atoms with Gasteiger partial charge in [-0.05, 0) is 50.4 Å². The quantitative estimate of drug-likeness (QED) is 0.780.